The Kier molecular flexibility index (Phi) is 16.3. The van der Waals surface area contributed by atoms with Gasteiger partial charge in [0.15, 0.2) is 0 Å². The summed E-state index contributed by atoms with van der Waals surface area (Å²) in [5.41, 5.74) is 0. The fourth-order valence-electron chi connectivity index (χ4n) is 0.671. The van der Waals surface area contributed by atoms with Crippen LogP contribution < -0.4 is 0 Å². The third-order valence-corrected chi connectivity index (χ3v) is 4.02. The van der Waals surface area contributed by atoms with Crippen molar-refractivity contribution in [1.82, 2.24) is 0 Å². The first-order valence-corrected chi connectivity index (χ1v) is 6.02. The monoisotopic (exact) mass is 329 g/mol. The van der Waals surface area contributed by atoms with Crippen LogP contribution in [0.4, 0.5) is 0 Å². The van der Waals surface area contributed by atoms with Crippen molar-refractivity contribution in [3.05, 3.63) is 0 Å². The molecular weight excluding hydrogens is 314 g/mol. The molecule has 0 N–H and O–H groups in total. The predicted octanol–water partition coefficient (Wildman–Crippen LogP) is 2.41. The van der Waals surface area contributed by atoms with Crippen LogP contribution in [0.25, 0.3) is 0 Å². The van der Waals surface area contributed by atoms with Gasteiger partial charge in [-0.25, -0.2) is 0 Å². The first kappa shape index (κ1) is 12.6. The van der Waals surface area contributed by atoms with Crippen LogP contribution in [0.15, 0.2) is 0 Å². The Hall–Kier alpha value is 0.918. The molecule has 0 radical (unpaired) electrons. The van der Waals surface area contributed by atoms with Gasteiger partial charge in [-0.3, -0.25) is 0 Å². The summed E-state index contributed by atoms with van der Waals surface area (Å²) in [4.78, 5) is 0. The Morgan fingerprint density at radius 2 is 1.22 bits per heavy atom. The van der Waals surface area contributed by atoms with Gasteiger partial charge in [0.05, 0.1) is 0 Å². The zero-order valence-electron chi connectivity index (χ0n) is 6.29. The minimum atomic E-state index is 0.446. The zero-order valence-corrected chi connectivity index (χ0v) is 9.46. The molecule has 0 aliphatic rings. The van der Waals surface area contributed by atoms with Crippen molar-refractivity contribution in [2.45, 2.75) is 20.8 Å². The second-order valence-electron chi connectivity index (χ2n) is 1.62. The van der Waals surface area contributed by atoms with E-state index in [1.807, 2.05) is 0 Å². The van der Waals surface area contributed by atoms with Gasteiger partial charge in [0.2, 0.25) is 0 Å². The molecule has 0 heterocycles. The Morgan fingerprint density at radius 3 is 1.22 bits per heavy atom. The molecule has 0 rings (SSSR count). The third kappa shape index (κ3) is 8.92. The molecule has 0 bridgehead atoms. The molecule has 0 fully saturated rings. The molecule has 0 aromatic rings. The summed E-state index contributed by atoms with van der Waals surface area (Å²) in [5.74, 6) is 0. The minimum absolute atomic E-state index is 0.446. The van der Waals surface area contributed by atoms with Gasteiger partial charge in [-0.1, -0.05) is 20.8 Å². The number of rotatable bonds is 3. The molecule has 0 amide bonds. The molecule has 0 spiro atoms. The maximum atomic E-state index is 8.22. The van der Waals surface area contributed by atoms with Crippen molar-refractivity contribution in [3.8, 4) is 0 Å². The Bertz CT molecular complexity index is 42.8. The van der Waals surface area contributed by atoms with Crippen molar-refractivity contribution in [3.63, 3.8) is 0 Å². The molecule has 0 aromatic heterocycles. The van der Waals surface area contributed by atoms with E-state index in [1.165, 1.54) is 18.5 Å². The molecule has 1 nitrogen and oxygen atoms in total. The summed E-state index contributed by atoms with van der Waals surface area (Å²) >= 11 is 0.889. The predicted molar refractivity (Wildman–Crippen MR) is 39.2 cm³/mol. The molecule has 0 aromatic carbocycles. The van der Waals surface area contributed by atoms with Gasteiger partial charge in [0.25, 0.3) is 0 Å². The van der Waals surface area contributed by atoms with Crippen LogP contribution >= 0.6 is 7.92 Å². The molecule has 0 saturated heterocycles. The quantitative estimate of drug-likeness (QED) is 0.727. The topological polar surface area (TPSA) is 17.1 Å². The van der Waals surface area contributed by atoms with Crippen molar-refractivity contribution in [2.24, 2.45) is 0 Å². The van der Waals surface area contributed by atoms with Crippen LogP contribution in [0.5, 0.6) is 0 Å². The Balaban J connectivity index is 0. The van der Waals surface area contributed by atoms with E-state index in [9.17, 15) is 0 Å². The summed E-state index contributed by atoms with van der Waals surface area (Å²) in [7, 11) is 0.446. The summed E-state index contributed by atoms with van der Waals surface area (Å²) < 4.78 is 8.22. The van der Waals surface area contributed by atoms with E-state index in [1.54, 1.807) is 0 Å². The number of hydrogen-bond donors (Lipinski definition) is 0. The summed E-state index contributed by atoms with van der Waals surface area (Å²) in [5, 5.41) is 0. The average molecular weight is 329 g/mol. The normalized spacial score (nSPS) is 8.67. The van der Waals surface area contributed by atoms with Gasteiger partial charge in [0.1, 0.15) is 0 Å². The van der Waals surface area contributed by atoms with E-state index in [4.69, 9.17) is 3.40 Å². The van der Waals surface area contributed by atoms with Crippen LogP contribution in [0.2, 0.25) is 0 Å². The first-order chi connectivity index (χ1) is 4.35. The zero-order chi connectivity index (χ0) is 7.70. The fraction of sp³-hybridized carbons (Fsp3) is 1.00. The molecular formula is C6H15OPPt. The van der Waals surface area contributed by atoms with Gasteiger partial charge in [-0.05, 0) is 18.5 Å². The summed E-state index contributed by atoms with van der Waals surface area (Å²) in [6, 6.07) is 0. The van der Waals surface area contributed by atoms with Gasteiger partial charge in [-0.2, -0.15) is 0 Å². The van der Waals surface area contributed by atoms with E-state index < -0.39 is 0 Å². The van der Waals surface area contributed by atoms with Crippen LogP contribution in [0, 0.1) is 0 Å². The molecule has 0 unspecified atom stereocenters. The van der Waals surface area contributed by atoms with Gasteiger partial charge < -0.3 is 0 Å². The molecule has 0 saturated carbocycles. The maximum absolute atomic E-state index is 8.22. The van der Waals surface area contributed by atoms with Gasteiger partial charge in [0, 0.05) is 0 Å². The van der Waals surface area contributed by atoms with E-state index in [0.717, 1.165) is 19.8 Å². The van der Waals surface area contributed by atoms with Gasteiger partial charge >= 0.3 is 23.2 Å². The molecule has 9 heavy (non-hydrogen) atoms. The van der Waals surface area contributed by atoms with E-state index in [0.29, 0.717) is 7.92 Å². The second-order valence-corrected chi connectivity index (χ2v) is 4.86. The van der Waals surface area contributed by atoms with Crippen molar-refractivity contribution in [1.29, 1.82) is 0 Å². The molecule has 0 aliphatic carbocycles. The fourth-order valence-corrected chi connectivity index (χ4v) is 2.01. The number of hydrogen-bond acceptors (Lipinski definition) is 1. The molecule has 0 atom stereocenters. The summed E-state index contributed by atoms with van der Waals surface area (Å²) in [6.07, 6.45) is 4.26. The van der Waals surface area contributed by atoms with E-state index in [2.05, 4.69) is 20.8 Å². The Labute approximate surface area is 70.6 Å². The third-order valence-electron chi connectivity index (χ3n) is 1.34. The van der Waals surface area contributed by atoms with Gasteiger partial charge in [-0.15, -0.1) is 7.92 Å². The second kappa shape index (κ2) is 11.7. The molecule has 60 valence electrons. The van der Waals surface area contributed by atoms with Crippen LogP contribution in [0.3, 0.4) is 0 Å². The van der Waals surface area contributed by atoms with Crippen LogP contribution in [-0.2, 0) is 23.2 Å². The summed E-state index contributed by atoms with van der Waals surface area (Å²) in [6.45, 7) is 6.87. The first-order valence-electron chi connectivity index (χ1n) is 3.20. The van der Waals surface area contributed by atoms with Crippen LogP contribution in [0.1, 0.15) is 20.8 Å². The standard InChI is InChI=1S/C6H15P.O.Pt/c1-4-7(5-2)6-3;;/h4-6H2,1-3H3;;. The SMILES string of the molecule is CCP(CC)CC.[O]=[Pt]. The van der Waals surface area contributed by atoms with E-state index in [-0.39, 0.29) is 0 Å². The van der Waals surface area contributed by atoms with Crippen molar-refractivity contribution >= 4 is 7.92 Å². The van der Waals surface area contributed by atoms with Crippen LogP contribution in [-0.4, -0.2) is 18.5 Å². The molecule has 3 heteroatoms. The van der Waals surface area contributed by atoms with Crippen molar-refractivity contribution < 1.29 is 23.2 Å². The van der Waals surface area contributed by atoms with E-state index >= 15 is 0 Å². The average Bonchev–Trinajstić information content (AvgIpc) is 1.96. The Morgan fingerprint density at radius 1 is 1.00 bits per heavy atom. The molecule has 0 aliphatic heterocycles. The van der Waals surface area contributed by atoms with Crippen molar-refractivity contribution in [2.75, 3.05) is 18.5 Å².